The molecule has 2 aromatic rings. The van der Waals surface area contributed by atoms with Crippen molar-refractivity contribution >= 4 is 6.03 Å². The summed E-state index contributed by atoms with van der Waals surface area (Å²) in [5.41, 5.74) is 0.658. The fourth-order valence-corrected chi connectivity index (χ4v) is 2.23. The van der Waals surface area contributed by atoms with Gasteiger partial charge in [0.15, 0.2) is 11.5 Å². The number of methoxy groups -OCH3 is 2. The largest absolute Gasteiger partial charge is 0.493 e. The minimum atomic E-state index is -4.37. The van der Waals surface area contributed by atoms with Crippen molar-refractivity contribution in [1.29, 1.82) is 0 Å². The average molecular weight is 368 g/mol. The van der Waals surface area contributed by atoms with E-state index in [1.165, 1.54) is 26.4 Å². The first-order valence-electron chi connectivity index (χ1n) is 7.72. The van der Waals surface area contributed by atoms with Gasteiger partial charge in [-0.25, -0.2) is 4.79 Å². The van der Waals surface area contributed by atoms with Crippen molar-refractivity contribution in [3.63, 3.8) is 0 Å². The Morgan fingerprint density at radius 2 is 1.42 bits per heavy atom. The van der Waals surface area contributed by atoms with E-state index in [0.717, 1.165) is 17.7 Å². The van der Waals surface area contributed by atoms with Crippen LogP contribution in [0.2, 0.25) is 0 Å². The summed E-state index contributed by atoms with van der Waals surface area (Å²) in [6.07, 6.45) is -4.37. The number of rotatable bonds is 6. The summed E-state index contributed by atoms with van der Waals surface area (Å²) in [5.74, 6) is 1.14. The van der Waals surface area contributed by atoms with Crippen LogP contribution in [0.1, 0.15) is 16.7 Å². The summed E-state index contributed by atoms with van der Waals surface area (Å²) >= 11 is 0. The van der Waals surface area contributed by atoms with E-state index < -0.39 is 17.8 Å². The summed E-state index contributed by atoms with van der Waals surface area (Å²) in [6, 6.07) is 9.47. The van der Waals surface area contributed by atoms with Crippen LogP contribution in [0.4, 0.5) is 18.0 Å². The molecule has 0 saturated heterocycles. The minimum absolute atomic E-state index is 0.121. The first-order valence-corrected chi connectivity index (χ1v) is 7.72. The molecule has 0 aliphatic rings. The monoisotopic (exact) mass is 368 g/mol. The van der Waals surface area contributed by atoms with Crippen molar-refractivity contribution in [2.24, 2.45) is 0 Å². The summed E-state index contributed by atoms with van der Waals surface area (Å²) in [6.45, 7) is 0.384. The maximum absolute atomic E-state index is 12.5. The number of carbonyl (C=O) groups is 1. The molecule has 140 valence electrons. The lowest BCUT2D eigenvalue weighted by Crippen LogP contribution is -2.34. The highest BCUT2D eigenvalue weighted by atomic mass is 19.4. The molecule has 0 saturated carbocycles. The van der Waals surface area contributed by atoms with E-state index in [0.29, 0.717) is 17.1 Å². The van der Waals surface area contributed by atoms with Gasteiger partial charge in [-0.05, 0) is 35.4 Å². The number of halogens is 3. The van der Waals surface area contributed by atoms with Crippen LogP contribution in [0, 0.1) is 0 Å². The molecule has 0 radical (unpaired) electrons. The number of alkyl halides is 3. The molecular weight excluding hydrogens is 349 g/mol. The van der Waals surface area contributed by atoms with Crippen LogP contribution < -0.4 is 20.1 Å². The molecule has 0 atom stereocenters. The Hall–Kier alpha value is -2.90. The molecule has 2 rings (SSSR count). The van der Waals surface area contributed by atoms with E-state index in [4.69, 9.17) is 9.47 Å². The smallest absolute Gasteiger partial charge is 0.416 e. The van der Waals surface area contributed by atoms with Crippen molar-refractivity contribution in [3.8, 4) is 11.5 Å². The fraction of sp³-hybridized carbons (Fsp3) is 0.278. The lowest BCUT2D eigenvalue weighted by Gasteiger charge is -2.11. The molecular formula is C18H19F3N2O3. The molecule has 0 aliphatic carbocycles. The van der Waals surface area contributed by atoms with Gasteiger partial charge in [-0.1, -0.05) is 18.2 Å². The molecule has 0 aromatic heterocycles. The number of nitrogens with one attached hydrogen (secondary N) is 2. The van der Waals surface area contributed by atoms with Crippen molar-refractivity contribution in [1.82, 2.24) is 10.6 Å². The van der Waals surface area contributed by atoms with Gasteiger partial charge >= 0.3 is 12.2 Å². The normalized spacial score (nSPS) is 11.0. The van der Waals surface area contributed by atoms with Gasteiger partial charge in [-0.3, -0.25) is 0 Å². The Morgan fingerprint density at radius 3 is 1.96 bits per heavy atom. The second-order valence-corrected chi connectivity index (χ2v) is 5.42. The Bertz CT molecular complexity index is 746. The Kier molecular flexibility index (Phi) is 6.32. The van der Waals surface area contributed by atoms with Crippen molar-refractivity contribution < 1.29 is 27.4 Å². The molecule has 8 heteroatoms. The SMILES string of the molecule is COc1ccc(CNC(=O)NCc2ccc(C(F)(F)F)cc2)cc1OC. The molecule has 0 spiro atoms. The van der Waals surface area contributed by atoms with Gasteiger partial charge in [-0.15, -0.1) is 0 Å². The summed E-state index contributed by atoms with van der Waals surface area (Å²) in [5, 5.41) is 5.26. The number of carbonyl (C=O) groups excluding carboxylic acids is 1. The summed E-state index contributed by atoms with van der Waals surface area (Å²) < 4.78 is 47.8. The van der Waals surface area contributed by atoms with E-state index in [-0.39, 0.29) is 13.1 Å². The molecule has 5 nitrogen and oxygen atoms in total. The van der Waals surface area contributed by atoms with Gasteiger partial charge in [0.25, 0.3) is 0 Å². The van der Waals surface area contributed by atoms with Crippen LogP contribution in [0.15, 0.2) is 42.5 Å². The number of benzene rings is 2. The first-order chi connectivity index (χ1) is 12.3. The molecule has 0 heterocycles. The van der Waals surface area contributed by atoms with Crippen LogP contribution in [-0.2, 0) is 19.3 Å². The van der Waals surface area contributed by atoms with E-state index in [9.17, 15) is 18.0 Å². The van der Waals surface area contributed by atoms with Gasteiger partial charge in [0.05, 0.1) is 19.8 Å². The second-order valence-electron chi connectivity index (χ2n) is 5.42. The second kappa shape index (κ2) is 8.46. The highest BCUT2D eigenvalue weighted by Crippen LogP contribution is 2.29. The molecule has 2 N–H and O–H groups in total. The average Bonchev–Trinajstić information content (AvgIpc) is 2.64. The highest BCUT2D eigenvalue weighted by molar-refractivity contribution is 5.73. The lowest BCUT2D eigenvalue weighted by atomic mass is 10.1. The van der Waals surface area contributed by atoms with Gasteiger partial charge < -0.3 is 20.1 Å². The summed E-state index contributed by atoms with van der Waals surface area (Å²) in [7, 11) is 3.05. The molecule has 2 amide bonds. The standard InChI is InChI=1S/C18H19F3N2O3/c1-25-15-8-5-13(9-16(15)26-2)11-23-17(24)22-10-12-3-6-14(7-4-12)18(19,20)21/h3-9H,10-11H2,1-2H3,(H2,22,23,24). The van der Waals surface area contributed by atoms with Crippen LogP contribution >= 0.6 is 0 Å². The summed E-state index contributed by atoms with van der Waals surface area (Å²) in [4.78, 5) is 11.8. The maximum Gasteiger partial charge on any atom is 0.416 e. The fourth-order valence-electron chi connectivity index (χ4n) is 2.23. The van der Waals surface area contributed by atoms with Gasteiger partial charge in [0.1, 0.15) is 0 Å². The van der Waals surface area contributed by atoms with E-state index in [2.05, 4.69) is 10.6 Å². The van der Waals surface area contributed by atoms with E-state index >= 15 is 0 Å². The van der Waals surface area contributed by atoms with Crippen LogP contribution in [0.25, 0.3) is 0 Å². The molecule has 0 aliphatic heterocycles. The van der Waals surface area contributed by atoms with Crippen molar-refractivity contribution in [2.75, 3.05) is 14.2 Å². The minimum Gasteiger partial charge on any atom is -0.493 e. The topological polar surface area (TPSA) is 59.6 Å². The van der Waals surface area contributed by atoms with E-state index in [1.807, 2.05) is 0 Å². The van der Waals surface area contributed by atoms with Gasteiger partial charge in [-0.2, -0.15) is 13.2 Å². The zero-order valence-corrected chi connectivity index (χ0v) is 14.3. The Balaban J connectivity index is 1.84. The molecule has 26 heavy (non-hydrogen) atoms. The van der Waals surface area contributed by atoms with Crippen LogP contribution in [0.3, 0.4) is 0 Å². The maximum atomic E-state index is 12.5. The predicted octanol–water partition coefficient (Wildman–Crippen LogP) is 3.72. The van der Waals surface area contributed by atoms with Crippen LogP contribution in [0.5, 0.6) is 11.5 Å². The number of hydrogen-bond donors (Lipinski definition) is 2. The zero-order chi connectivity index (χ0) is 19.2. The Morgan fingerprint density at radius 1 is 0.885 bits per heavy atom. The molecule has 0 fully saturated rings. The molecule has 0 unspecified atom stereocenters. The zero-order valence-electron chi connectivity index (χ0n) is 14.3. The quantitative estimate of drug-likeness (QED) is 0.817. The van der Waals surface area contributed by atoms with Gasteiger partial charge in [0.2, 0.25) is 0 Å². The number of amides is 2. The molecule has 2 aromatic carbocycles. The Labute approximate surface area is 149 Å². The number of urea groups is 1. The third-order valence-corrected chi connectivity index (χ3v) is 3.64. The number of hydrogen-bond acceptors (Lipinski definition) is 3. The lowest BCUT2D eigenvalue weighted by molar-refractivity contribution is -0.137. The third kappa shape index (κ3) is 5.30. The van der Waals surface area contributed by atoms with Gasteiger partial charge in [0, 0.05) is 13.1 Å². The third-order valence-electron chi connectivity index (χ3n) is 3.64. The van der Waals surface area contributed by atoms with Crippen molar-refractivity contribution in [2.45, 2.75) is 19.3 Å². The predicted molar refractivity (Wildman–Crippen MR) is 90.1 cm³/mol. The van der Waals surface area contributed by atoms with Crippen LogP contribution in [-0.4, -0.2) is 20.3 Å². The highest BCUT2D eigenvalue weighted by Gasteiger charge is 2.29. The molecule has 0 bridgehead atoms. The van der Waals surface area contributed by atoms with E-state index in [1.54, 1.807) is 18.2 Å². The first kappa shape index (κ1) is 19.4. The number of ether oxygens (including phenoxy) is 2. The van der Waals surface area contributed by atoms with Crippen molar-refractivity contribution in [3.05, 3.63) is 59.2 Å².